The molecule has 0 saturated carbocycles. The third-order valence-corrected chi connectivity index (χ3v) is 5.91. The number of esters is 1. The Balaban J connectivity index is 2.62. The van der Waals surface area contributed by atoms with E-state index in [1.165, 1.54) is 6.92 Å². The van der Waals surface area contributed by atoms with Crippen molar-refractivity contribution in [3.8, 4) is 5.75 Å². The van der Waals surface area contributed by atoms with Crippen LogP contribution in [0.1, 0.15) is 32.0 Å². The SMILES string of the molecule is CCOP(=O)(OCC)[C@H]1c2ccccc2OC(=O)[C@H]1C(C)=O. The number of Topliss-reactive ketones (excluding diaryl/α,β-unsaturated/α-hetero) is 1. The minimum Gasteiger partial charge on any atom is -0.426 e. The van der Waals surface area contributed by atoms with Gasteiger partial charge in [0.25, 0.3) is 0 Å². The fourth-order valence-corrected chi connectivity index (χ4v) is 4.96. The molecule has 2 rings (SSSR count). The number of ketones is 1. The zero-order valence-corrected chi connectivity index (χ0v) is 13.7. The van der Waals surface area contributed by atoms with Crippen LogP contribution in [0.2, 0.25) is 0 Å². The Morgan fingerprint density at radius 3 is 2.36 bits per heavy atom. The van der Waals surface area contributed by atoms with Gasteiger partial charge in [0.15, 0.2) is 0 Å². The first kappa shape index (κ1) is 16.9. The third-order valence-electron chi connectivity index (χ3n) is 3.41. The van der Waals surface area contributed by atoms with Crippen LogP contribution in [0.15, 0.2) is 24.3 Å². The summed E-state index contributed by atoms with van der Waals surface area (Å²) in [5, 5.41) is 0. The molecule has 1 aromatic rings. The Morgan fingerprint density at radius 1 is 1.23 bits per heavy atom. The Kier molecular flexibility index (Phi) is 5.16. The van der Waals surface area contributed by atoms with Gasteiger partial charge in [-0.25, -0.2) is 0 Å². The molecule has 0 spiro atoms. The van der Waals surface area contributed by atoms with E-state index in [1.807, 2.05) is 0 Å². The molecule has 1 aromatic carbocycles. The van der Waals surface area contributed by atoms with Gasteiger partial charge in [0.05, 0.1) is 13.2 Å². The van der Waals surface area contributed by atoms with Gasteiger partial charge >= 0.3 is 13.6 Å². The van der Waals surface area contributed by atoms with Gasteiger partial charge in [-0.2, -0.15) is 0 Å². The van der Waals surface area contributed by atoms with Crippen LogP contribution >= 0.6 is 7.60 Å². The number of rotatable bonds is 6. The molecule has 22 heavy (non-hydrogen) atoms. The maximum Gasteiger partial charge on any atom is 0.339 e. The highest BCUT2D eigenvalue weighted by molar-refractivity contribution is 7.54. The maximum absolute atomic E-state index is 13.2. The first-order chi connectivity index (χ1) is 10.4. The highest BCUT2D eigenvalue weighted by atomic mass is 31.2. The van der Waals surface area contributed by atoms with Gasteiger partial charge in [-0.15, -0.1) is 0 Å². The molecule has 120 valence electrons. The molecular formula is C15H19O6P. The smallest absolute Gasteiger partial charge is 0.339 e. The summed E-state index contributed by atoms with van der Waals surface area (Å²) in [6.07, 6.45) is 0. The standard InChI is InChI=1S/C15H19O6P/c1-4-19-22(18,20-5-2)14-11-8-6-7-9-12(11)21-15(17)13(14)10(3)16/h6-9,13-14H,4-5H2,1-3H3/t13-,14-/m0/s1. The third kappa shape index (κ3) is 3.00. The normalized spacial score (nSPS) is 21.1. The lowest BCUT2D eigenvalue weighted by molar-refractivity contribution is -0.145. The van der Waals surface area contributed by atoms with E-state index in [1.54, 1.807) is 38.1 Å². The van der Waals surface area contributed by atoms with Crippen molar-refractivity contribution in [1.29, 1.82) is 0 Å². The van der Waals surface area contributed by atoms with Crippen LogP contribution < -0.4 is 4.74 Å². The molecule has 1 aliphatic heterocycles. The van der Waals surface area contributed by atoms with E-state index in [9.17, 15) is 14.2 Å². The summed E-state index contributed by atoms with van der Waals surface area (Å²) in [6.45, 7) is 4.93. The molecule has 6 nitrogen and oxygen atoms in total. The first-order valence-electron chi connectivity index (χ1n) is 7.14. The highest BCUT2D eigenvalue weighted by Gasteiger charge is 2.52. The Morgan fingerprint density at radius 2 is 1.82 bits per heavy atom. The van der Waals surface area contributed by atoms with Crippen molar-refractivity contribution in [2.75, 3.05) is 13.2 Å². The van der Waals surface area contributed by atoms with Crippen molar-refractivity contribution in [3.05, 3.63) is 29.8 Å². The van der Waals surface area contributed by atoms with Gasteiger partial charge in [0, 0.05) is 5.56 Å². The molecule has 0 bridgehead atoms. The van der Waals surface area contributed by atoms with Crippen LogP contribution in [-0.4, -0.2) is 25.0 Å². The number of ether oxygens (including phenoxy) is 1. The summed E-state index contributed by atoms with van der Waals surface area (Å²) in [5.74, 6) is -2.06. The van der Waals surface area contributed by atoms with Crippen LogP contribution in [0.3, 0.4) is 0 Å². The van der Waals surface area contributed by atoms with E-state index < -0.39 is 30.9 Å². The summed E-state index contributed by atoms with van der Waals surface area (Å²) in [6, 6.07) is 6.69. The number of para-hydroxylation sites is 1. The molecule has 0 fully saturated rings. The Hall–Kier alpha value is -1.49. The molecule has 0 amide bonds. The Bertz CT molecular complexity index is 616. The van der Waals surface area contributed by atoms with Crippen LogP contribution in [-0.2, 0) is 23.2 Å². The van der Waals surface area contributed by atoms with Crippen molar-refractivity contribution in [1.82, 2.24) is 0 Å². The molecule has 0 radical (unpaired) electrons. The topological polar surface area (TPSA) is 78.9 Å². The van der Waals surface area contributed by atoms with Gasteiger partial charge in [-0.3, -0.25) is 14.2 Å². The molecular weight excluding hydrogens is 307 g/mol. The number of carbonyl (C=O) groups is 2. The molecule has 1 heterocycles. The van der Waals surface area contributed by atoms with Crippen molar-refractivity contribution in [2.24, 2.45) is 5.92 Å². The Labute approximate surface area is 129 Å². The van der Waals surface area contributed by atoms with Crippen molar-refractivity contribution in [2.45, 2.75) is 26.4 Å². The lowest BCUT2D eigenvalue weighted by atomic mass is 9.92. The van der Waals surface area contributed by atoms with E-state index in [-0.39, 0.29) is 19.0 Å². The predicted molar refractivity (Wildman–Crippen MR) is 79.8 cm³/mol. The molecule has 7 heteroatoms. The van der Waals surface area contributed by atoms with E-state index in [4.69, 9.17) is 13.8 Å². The average Bonchev–Trinajstić information content (AvgIpc) is 2.45. The van der Waals surface area contributed by atoms with Gasteiger partial charge in [-0.1, -0.05) is 18.2 Å². The summed E-state index contributed by atoms with van der Waals surface area (Å²) >= 11 is 0. The zero-order valence-electron chi connectivity index (χ0n) is 12.8. The fourth-order valence-electron chi connectivity index (χ4n) is 2.60. The van der Waals surface area contributed by atoms with Crippen LogP contribution in [0.25, 0.3) is 0 Å². The number of hydrogen-bond donors (Lipinski definition) is 0. The summed E-state index contributed by atoms with van der Waals surface area (Å²) < 4.78 is 29.1. The highest BCUT2D eigenvalue weighted by Crippen LogP contribution is 2.66. The van der Waals surface area contributed by atoms with Gasteiger partial charge in [-0.05, 0) is 26.8 Å². The fraction of sp³-hybridized carbons (Fsp3) is 0.467. The van der Waals surface area contributed by atoms with E-state index in [0.29, 0.717) is 5.56 Å². The maximum atomic E-state index is 13.2. The second kappa shape index (κ2) is 6.73. The monoisotopic (exact) mass is 326 g/mol. The molecule has 1 aliphatic rings. The van der Waals surface area contributed by atoms with Crippen molar-refractivity contribution in [3.63, 3.8) is 0 Å². The number of fused-ring (bicyclic) bond motifs is 1. The number of benzene rings is 1. The average molecular weight is 326 g/mol. The molecule has 0 aliphatic carbocycles. The van der Waals surface area contributed by atoms with Gasteiger partial charge < -0.3 is 13.8 Å². The zero-order chi connectivity index (χ0) is 16.3. The van der Waals surface area contributed by atoms with Crippen molar-refractivity contribution >= 4 is 19.3 Å². The molecule has 0 unspecified atom stereocenters. The van der Waals surface area contributed by atoms with Crippen LogP contribution in [0.4, 0.5) is 0 Å². The molecule has 0 saturated heterocycles. The van der Waals surface area contributed by atoms with E-state index >= 15 is 0 Å². The minimum absolute atomic E-state index is 0.148. The van der Waals surface area contributed by atoms with E-state index in [2.05, 4.69) is 0 Å². The first-order valence-corrected chi connectivity index (χ1v) is 8.75. The number of carbonyl (C=O) groups excluding carboxylic acids is 2. The molecule has 0 N–H and O–H groups in total. The van der Waals surface area contributed by atoms with Crippen LogP contribution in [0, 0.1) is 5.92 Å². The lowest BCUT2D eigenvalue weighted by Gasteiger charge is -2.34. The quantitative estimate of drug-likeness (QED) is 0.346. The van der Waals surface area contributed by atoms with Gasteiger partial charge in [0.1, 0.15) is 23.1 Å². The van der Waals surface area contributed by atoms with E-state index in [0.717, 1.165) is 0 Å². The van der Waals surface area contributed by atoms with Crippen LogP contribution in [0.5, 0.6) is 5.75 Å². The predicted octanol–water partition coefficient (Wildman–Crippen LogP) is 3.12. The minimum atomic E-state index is -3.70. The van der Waals surface area contributed by atoms with Crippen molar-refractivity contribution < 1.29 is 27.9 Å². The largest absolute Gasteiger partial charge is 0.426 e. The second-order valence-electron chi connectivity index (χ2n) is 4.87. The number of hydrogen-bond acceptors (Lipinski definition) is 6. The molecule has 0 aromatic heterocycles. The second-order valence-corrected chi connectivity index (χ2v) is 7.02. The summed E-state index contributed by atoms with van der Waals surface area (Å²) in [4.78, 5) is 24.1. The summed E-state index contributed by atoms with van der Waals surface area (Å²) in [5.41, 5.74) is -0.491. The lowest BCUT2D eigenvalue weighted by Crippen LogP contribution is -2.36. The summed E-state index contributed by atoms with van der Waals surface area (Å²) in [7, 11) is -3.70. The molecule has 2 atom stereocenters. The van der Waals surface area contributed by atoms with Gasteiger partial charge in [0.2, 0.25) is 0 Å².